The molecule has 2 amide bonds. The van der Waals surface area contributed by atoms with Crippen molar-refractivity contribution >= 4 is 44.3 Å². The molecule has 1 saturated heterocycles. The molecule has 1 aliphatic heterocycles. The normalized spacial score (nSPS) is 13.7. The molecule has 0 bridgehead atoms. The van der Waals surface area contributed by atoms with E-state index in [4.69, 9.17) is 11.6 Å². The lowest BCUT2D eigenvalue weighted by atomic mass is 10.0. The summed E-state index contributed by atoms with van der Waals surface area (Å²) in [5.74, 6) is -0.276. The fraction of sp³-hybridized carbons (Fsp3) is 0.241. The van der Waals surface area contributed by atoms with Gasteiger partial charge in [-0.3, -0.25) is 9.59 Å². The Kier molecular flexibility index (Phi) is 7.03. The van der Waals surface area contributed by atoms with E-state index in [9.17, 15) is 18.0 Å². The van der Waals surface area contributed by atoms with Crippen LogP contribution in [0.3, 0.4) is 0 Å². The van der Waals surface area contributed by atoms with Gasteiger partial charge in [0.15, 0.2) is 0 Å². The third-order valence-electron chi connectivity index (χ3n) is 6.90. The topological polar surface area (TPSA) is 88.5 Å². The average Bonchev–Trinajstić information content (AvgIpc) is 3.55. The van der Waals surface area contributed by atoms with Crippen molar-refractivity contribution in [3.05, 3.63) is 94.0 Å². The number of hydrogen-bond acceptors (Lipinski definition) is 4. The lowest BCUT2D eigenvalue weighted by molar-refractivity contribution is 0.0791. The van der Waals surface area contributed by atoms with Crippen LogP contribution in [0.1, 0.15) is 44.7 Å². The van der Waals surface area contributed by atoms with E-state index in [1.807, 2.05) is 36.1 Å². The minimum Gasteiger partial charge on any atom is -0.348 e. The highest BCUT2D eigenvalue weighted by Crippen LogP contribution is 2.33. The molecule has 1 fully saturated rings. The number of nitrogens with zero attached hydrogens (tertiary/aromatic N) is 2. The summed E-state index contributed by atoms with van der Waals surface area (Å²) in [6, 6.07) is 19.4. The number of nitrogens with one attached hydrogen (secondary N) is 1. The van der Waals surface area contributed by atoms with Crippen LogP contribution in [0, 0.1) is 6.92 Å². The second kappa shape index (κ2) is 10.3. The quantitative estimate of drug-likeness (QED) is 0.356. The van der Waals surface area contributed by atoms with Crippen molar-refractivity contribution in [3.8, 4) is 11.3 Å². The zero-order valence-electron chi connectivity index (χ0n) is 21.2. The zero-order chi connectivity index (χ0) is 27.0. The summed E-state index contributed by atoms with van der Waals surface area (Å²) in [5, 5.41) is 4.16. The third-order valence-corrected chi connectivity index (χ3v) is 8.19. The van der Waals surface area contributed by atoms with Gasteiger partial charge in [-0.1, -0.05) is 35.9 Å². The lowest BCUT2D eigenvalue weighted by Crippen LogP contribution is -2.28. The summed E-state index contributed by atoms with van der Waals surface area (Å²) < 4.78 is 26.9. The van der Waals surface area contributed by atoms with E-state index in [1.54, 1.807) is 42.5 Å². The maximum absolute atomic E-state index is 13.0. The Balaban J connectivity index is 1.41. The van der Waals surface area contributed by atoms with Crippen molar-refractivity contribution < 1.29 is 18.0 Å². The van der Waals surface area contributed by atoms with Gasteiger partial charge in [-0.2, -0.15) is 0 Å². The van der Waals surface area contributed by atoms with Gasteiger partial charge in [0, 0.05) is 46.7 Å². The molecule has 4 aromatic rings. The van der Waals surface area contributed by atoms with Gasteiger partial charge < -0.3 is 10.2 Å². The van der Waals surface area contributed by atoms with Crippen LogP contribution in [-0.2, 0) is 16.6 Å². The van der Waals surface area contributed by atoms with E-state index in [2.05, 4.69) is 5.32 Å². The van der Waals surface area contributed by atoms with Crippen molar-refractivity contribution in [2.75, 3.05) is 19.3 Å². The Labute approximate surface area is 227 Å². The average molecular weight is 550 g/mol. The molecule has 0 spiro atoms. The Morgan fingerprint density at radius 1 is 0.974 bits per heavy atom. The number of benzene rings is 3. The fourth-order valence-electron chi connectivity index (χ4n) is 5.04. The van der Waals surface area contributed by atoms with E-state index < -0.39 is 10.0 Å². The summed E-state index contributed by atoms with van der Waals surface area (Å²) in [4.78, 5) is 27.7. The summed E-state index contributed by atoms with van der Waals surface area (Å²) in [6.07, 6.45) is 3.20. The maximum atomic E-state index is 13.0. The molecule has 5 rings (SSSR count). The standard InChI is InChI=1S/C29H28ClN3O4S/c1-19-15-20(9-11-24(19)29(35)32-13-5-6-14-32)28(34)31-18-21-7-3-4-8-25(21)27-17-22-16-23(30)10-12-26(22)33(27)38(2,36)37/h3-4,7-12,15-17H,5-6,13-14,18H2,1-2H3,(H,31,34). The summed E-state index contributed by atoms with van der Waals surface area (Å²) in [6.45, 7) is 3.57. The molecule has 1 aliphatic rings. The molecule has 0 unspecified atom stereocenters. The highest BCUT2D eigenvalue weighted by Gasteiger charge is 2.22. The van der Waals surface area contributed by atoms with Crippen LogP contribution < -0.4 is 5.32 Å². The number of carbonyl (C=O) groups is 2. The second-order valence-corrected chi connectivity index (χ2v) is 11.9. The van der Waals surface area contributed by atoms with Gasteiger partial charge in [0.1, 0.15) is 0 Å². The Morgan fingerprint density at radius 2 is 1.71 bits per heavy atom. The number of amides is 2. The van der Waals surface area contributed by atoms with Crippen LogP contribution in [-0.4, -0.2) is 48.4 Å². The molecular formula is C29H28ClN3O4S. The first kappa shape index (κ1) is 26.0. The van der Waals surface area contributed by atoms with Crippen LogP contribution in [0.2, 0.25) is 5.02 Å². The molecule has 0 atom stereocenters. The van der Waals surface area contributed by atoms with E-state index in [-0.39, 0.29) is 18.4 Å². The first-order valence-corrected chi connectivity index (χ1v) is 14.6. The molecule has 0 radical (unpaired) electrons. The van der Waals surface area contributed by atoms with Crippen LogP contribution >= 0.6 is 11.6 Å². The largest absolute Gasteiger partial charge is 0.348 e. The number of hydrogen-bond donors (Lipinski definition) is 1. The highest BCUT2D eigenvalue weighted by atomic mass is 35.5. The first-order chi connectivity index (χ1) is 18.1. The van der Waals surface area contributed by atoms with Gasteiger partial charge in [0.2, 0.25) is 10.0 Å². The smallest absolute Gasteiger partial charge is 0.254 e. The lowest BCUT2D eigenvalue weighted by Gasteiger charge is -2.17. The minimum atomic E-state index is -3.64. The molecule has 7 nitrogen and oxygen atoms in total. The fourth-order valence-corrected chi connectivity index (χ4v) is 6.26. The number of rotatable bonds is 6. The molecular weight excluding hydrogens is 522 g/mol. The molecule has 38 heavy (non-hydrogen) atoms. The second-order valence-electron chi connectivity index (χ2n) is 9.63. The highest BCUT2D eigenvalue weighted by molar-refractivity contribution is 7.89. The van der Waals surface area contributed by atoms with Gasteiger partial charge in [0.05, 0.1) is 17.5 Å². The first-order valence-electron chi connectivity index (χ1n) is 12.4. The monoisotopic (exact) mass is 549 g/mol. The molecule has 9 heteroatoms. The molecule has 3 aromatic carbocycles. The van der Waals surface area contributed by atoms with E-state index in [1.165, 1.54) is 3.97 Å². The SMILES string of the molecule is Cc1cc(C(=O)NCc2ccccc2-c2cc3cc(Cl)ccc3n2S(C)(=O)=O)ccc1C(=O)N1CCCC1. The molecule has 0 saturated carbocycles. The molecule has 1 N–H and O–H groups in total. The Morgan fingerprint density at radius 3 is 2.42 bits per heavy atom. The predicted molar refractivity (Wildman–Crippen MR) is 150 cm³/mol. The number of fused-ring (bicyclic) bond motifs is 1. The van der Waals surface area contributed by atoms with Crippen molar-refractivity contribution in [2.45, 2.75) is 26.3 Å². The molecule has 1 aromatic heterocycles. The molecule has 196 valence electrons. The van der Waals surface area contributed by atoms with Crippen LogP contribution in [0.5, 0.6) is 0 Å². The Hall–Kier alpha value is -3.62. The zero-order valence-corrected chi connectivity index (χ0v) is 22.8. The summed E-state index contributed by atoms with van der Waals surface area (Å²) in [7, 11) is -3.64. The van der Waals surface area contributed by atoms with Crippen molar-refractivity contribution in [1.82, 2.24) is 14.2 Å². The molecule has 2 heterocycles. The van der Waals surface area contributed by atoms with Gasteiger partial charge in [0.25, 0.3) is 11.8 Å². The number of carbonyl (C=O) groups excluding carboxylic acids is 2. The number of halogens is 1. The number of aryl methyl sites for hydroxylation is 1. The molecule has 0 aliphatic carbocycles. The van der Waals surface area contributed by atoms with E-state index >= 15 is 0 Å². The van der Waals surface area contributed by atoms with Crippen LogP contribution in [0.4, 0.5) is 0 Å². The van der Waals surface area contributed by atoms with Gasteiger partial charge >= 0.3 is 0 Å². The third kappa shape index (κ3) is 5.06. The van der Waals surface area contributed by atoms with Crippen LogP contribution in [0.15, 0.2) is 66.7 Å². The van der Waals surface area contributed by atoms with Crippen molar-refractivity contribution in [3.63, 3.8) is 0 Å². The van der Waals surface area contributed by atoms with E-state index in [0.29, 0.717) is 38.3 Å². The predicted octanol–water partition coefficient (Wildman–Crippen LogP) is 5.24. The summed E-state index contributed by atoms with van der Waals surface area (Å²) >= 11 is 6.16. The number of aromatic nitrogens is 1. The van der Waals surface area contributed by atoms with Gasteiger partial charge in [-0.15, -0.1) is 0 Å². The van der Waals surface area contributed by atoms with Crippen molar-refractivity contribution in [2.24, 2.45) is 0 Å². The van der Waals surface area contributed by atoms with Crippen LogP contribution in [0.25, 0.3) is 22.2 Å². The Bertz CT molecular complexity index is 1670. The van der Waals surface area contributed by atoms with E-state index in [0.717, 1.165) is 43.3 Å². The maximum Gasteiger partial charge on any atom is 0.254 e. The van der Waals surface area contributed by atoms with Gasteiger partial charge in [-0.05, 0) is 73.4 Å². The van der Waals surface area contributed by atoms with Gasteiger partial charge in [-0.25, -0.2) is 12.4 Å². The summed E-state index contributed by atoms with van der Waals surface area (Å²) in [5.41, 5.74) is 4.30. The van der Waals surface area contributed by atoms with Crippen molar-refractivity contribution in [1.29, 1.82) is 0 Å². The number of likely N-dealkylation sites (tertiary alicyclic amines) is 1. The minimum absolute atomic E-state index is 0.00318.